The molecule has 1 atom stereocenters. The van der Waals surface area contributed by atoms with Gasteiger partial charge in [0, 0.05) is 31.9 Å². The largest absolute Gasteiger partial charge is 0.383 e. The van der Waals surface area contributed by atoms with Gasteiger partial charge in [-0.2, -0.15) is 5.10 Å². The first-order valence-corrected chi connectivity index (χ1v) is 8.38. The van der Waals surface area contributed by atoms with E-state index in [9.17, 15) is 5.11 Å². The summed E-state index contributed by atoms with van der Waals surface area (Å²) in [5.41, 5.74) is 0.0933. The van der Waals surface area contributed by atoms with Crippen LogP contribution in [0.15, 0.2) is 17.4 Å². The lowest BCUT2D eigenvalue weighted by molar-refractivity contribution is 0.0672. The van der Waals surface area contributed by atoms with Gasteiger partial charge in [0.2, 0.25) is 0 Å². The van der Waals surface area contributed by atoms with Gasteiger partial charge in [-0.05, 0) is 32.1 Å². The van der Waals surface area contributed by atoms with Crippen molar-refractivity contribution in [2.24, 2.45) is 17.5 Å². The van der Waals surface area contributed by atoms with Gasteiger partial charge in [0.1, 0.15) is 5.60 Å². The molecule has 0 aromatic carbocycles. The Bertz CT molecular complexity index is 505. The van der Waals surface area contributed by atoms with Crippen molar-refractivity contribution in [3.05, 3.63) is 18.0 Å². The molecular formula is C17H34IN5O. The van der Waals surface area contributed by atoms with Gasteiger partial charge in [-0.25, -0.2) is 4.99 Å². The third-order valence-electron chi connectivity index (χ3n) is 3.61. The Balaban J connectivity index is 0.00000529. The number of guanidine groups is 1. The van der Waals surface area contributed by atoms with Crippen molar-refractivity contribution in [3.63, 3.8) is 0 Å². The number of hydrogen-bond acceptors (Lipinski definition) is 3. The molecule has 0 saturated carbocycles. The molecular weight excluding hydrogens is 417 g/mol. The Morgan fingerprint density at radius 2 is 1.96 bits per heavy atom. The number of nitrogens with zero attached hydrogens (tertiary/aromatic N) is 3. The number of aryl methyl sites for hydroxylation is 1. The maximum atomic E-state index is 10.6. The van der Waals surface area contributed by atoms with Crippen LogP contribution < -0.4 is 10.6 Å². The van der Waals surface area contributed by atoms with Crippen LogP contribution in [0.2, 0.25) is 0 Å². The standard InChI is InChI=1S/C17H33N5O.HI/c1-7-18-15(19-10-8-9-16(2,3)4)20-13-17(5,23)14-11-21-22(6)12-14;/h11-12,23H,7-10,13H2,1-6H3,(H2,18,19,20);1H. The number of nitrogens with one attached hydrogen (secondary N) is 2. The third-order valence-corrected chi connectivity index (χ3v) is 3.61. The summed E-state index contributed by atoms with van der Waals surface area (Å²) in [4.78, 5) is 4.51. The van der Waals surface area contributed by atoms with Crippen molar-refractivity contribution in [3.8, 4) is 0 Å². The van der Waals surface area contributed by atoms with Crippen LogP contribution in [0.1, 0.15) is 53.0 Å². The highest BCUT2D eigenvalue weighted by Gasteiger charge is 2.24. The van der Waals surface area contributed by atoms with E-state index >= 15 is 0 Å². The molecule has 0 radical (unpaired) electrons. The zero-order valence-corrected chi connectivity index (χ0v) is 18.2. The van der Waals surface area contributed by atoms with E-state index in [-0.39, 0.29) is 30.5 Å². The van der Waals surface area contributed by atoms with Gasteiger partial charge in [0.05, 0.1) is 12.7 Å². The van der Waals surface area contributed by atoms with Gasteiger partial charge in [-0.3, -0.25) is 4.68 Å². The number of rotatable bonds is 7. The first-order valence-electron chi connectivity index (χ1n) is 8.38. The van der Waals surface area contributed by atoms with Crippen LogP contribution in [0.4, 0.5) is 0 Å². The van der Waals surface area contributed by atoms with Crippen LogP contribution in [-0.2, 0) is 12.6 Å². The monoisotopic (exact) mass is 451 g/mol. The molecule has 1 heterocycles. The van der Waals surface area contributed by atoms with Crippen molar-refractivity contribution in [2.45, 2.75) is 53.1 Å². The molecule has 0 saturated heterocycles. The van der Waals surface area contributed by atoms with Crippen molar-refractivity contribution >= 4 is 29.9 Å². The van der Waals surface area contributed by atoms with E-state index in [1.807, 2.05) is 20.2 Å². The van der Waals surface area contributed by atoms with Gasteiger partial charge < -0.3 is 15.7 Å². The predicted octanol–water partition coefficient (Wildman–Crippen LogP) is 2.63. The minimum atomic E-state index is -1.03. The first kappa shape index (κ1) is 23.2. The SMILES string of the molecule is CCNC(=NCC(C)(O)c1cnn(C)c1)NCCCC(C)(C)C.I. The minimum absolute atomic E-state index is 0. The Morgan fingerprint density at radius 3 is 2.46 bits per heavy atom. The van der Waals surface area contributed by atoms with Crippen LogP contribution in [-0.4, -0.2) is 40.5 Å². The van der Waals surface area contributed by atoms with Gasteiger partial charge in [-0.15, -0.1) is 24.0 Å². The molecule has 0 amide bonds. The summed E-state index contributed by atoms with van der Waals surface area (Å²) in [5.74, 6) is 0.741. The van der Waals surface area contributed by atoms with Crippen molar-refractivity contribution in [1.82, 2.24) is 20.4 Å². The normalized spacial score (nSPS) is 14.7. The predicted molar refractivity (Wildman–Crippen MR) is 111 cm³/mol. The average Bonchev–Trinajstić information content (AvgIpc) is 2.87. The van der Waals surface area contributed by atoms with E-state index in [4.69, 9.17) is 0 Å². The summed E-state index contributed by atoms with van der Waals surface area (Å²) in [6.45, 7) is 12.5. The van der Waals surface area contributed by atoms with Crippen LogP contribution in [0.25, 0.3) is 0 Å². The highest BCUT2D eigenvalue weighted by atomic mass is 127. The summed E-state index contributed by atoms with van der Waals surface area (Å²) < 4.78 is 1.68. The molecule has 140 valence electrons. The molecule has 0 aliphatic heterocycles. The van der Waals surface area contributed by atoms with E-state index in [2.05, 4.69) is 41.5 Å². The molecule has 0 fully saturated rings. The molecule has 1 aromatic rings. The molecule has 7 heteroatoms. The second-order valence-electron chi connectivity index (χ2n) is 7.46. The molecule has 1 aromatic heterocycles. The van der Waals surface area contributed by atoms with Crippen molar-refractivity contribution in [1.29, 1.82) is 0 Å². The van der Waals surface area contributed by atoms with E-state index < -0.39 is 5.60 Å². The van der Waals surface area contributed by atoms with Crippen LogP contribution in [0, 0.1) is 5.41 Å². The molecule has 1 unspecified atom stereocenters. The van der Waals surface area contributed by atoms with Crippen LogP contribution >= 0.6 is 24.0 Å². The Labute approximate surface area is 163 Å². The Kier molecular flexibility index (Phi) is 9.87. The topological polar surface area (TPSA) is 74.5 Å². The smallest absolute Gasteiger partial charge is 0.191 e. The van der Waals surface area contributed by atoms with E-state index in [1.165, 1.54) is 0 Å². The maximum absolute atomic E-state index is 10.6. The zero-order valence-electron chi connectivity index (χ0n) is 15.9. The minimum Gasteiger partial charge on any atom is -0.383 e. The summed E-state index contributed by atoms with van der Waals surface area (Å²) >= 11 is 0. The molecule has 0 bridgehead atoms. The van der Waals surface area contributed by atoms with Crippen LogP contribution in [0.5, 0.6) is 0 Å². The molecule has 0 spiro atoms. The number of hydrogen-bond donors (Lipinski definition) is 3. The summed E-state index contributed by atoms with van der Waals surface area (Å²) in [5, 5.41) is 21.2. The second-order valence-corrected chi connectivity index (χ2v) is 7.46. The fourth-order valence-electron chi connectivity index (χ4n) is 2.19. The molecule has 3 N–H and O–H groups in total. The highest BCUT2D eigenvalue weighted by molar-refractivity contribution is 14.0. The van der Waals surface area contributed by atoms with Gasteiger partial charge in [0.25, 0.3) is 0 Å². The highest BCUT2D eigenvalue weighted by Crippen LogP contribution is 2.20. The lowest BCUT2D eigenvalue weighted by Gasteiger charge is -2.21. The lowest BCUT2D eigenvalue weighted by Crippen LogP contribution is -2.39. The first-order chi connectivity index (χ1) is 10.6. The van der Waals surface area contributed by atoms with Crippen molar-refractivity contribution < 1.29 is 5.11 Å². The summed E-state index contributed by atoms with van der Waals surface area (Å²) in [6.07, 6.45) is 5.75. The zero-order chi connectivity index (χ0) is 17.5. The Morgan fingerprint density at radius 1 is 1.29 bits per heavy atom. The van der Waals surface area contributed by atoms with Gasteiger partial charge in [0.15, 0.2) is 5.96 Å². The summed E-state index contributed by atoms with van der Waals surface area (Å²) in [7, 11) is 1.84. The Hall–Kier alpha value is -0.830. The average molecular weight is 451 g/mol. The summed E-state index contributed by atoms with van der Waals surface area (Å²) in [6, 6.07) is 0. The van der Waals surface area contributed by atoms with Gasteiger partial charge in [-0.1, -0.05) is 20.8 Å². The fourth-order valence-corrected chi connectivity index (χ4v) is 2.19. The molecule has 6 nitrogen and oxygen atoms in total. The number of aromatic nitrogens is 2. The van der Waals surface area contributed by atoms with E-state index in [0.29, 0.717) is 5.41 Å². The van der Waals surface area contributed by atoms with Gasteiger partial charge >= 0.3 is 0 Å². The third kappa shape index (κ3) is 8.86. The van der Waals surface area contributed by atoms with Crippen LogP contribution in [0.3, 0.4) is 0 Å². The lowest BCUT2D eigenvalue weighted by atomic mass is 9.91. The van der Waals surface area contributed by atoms with E-state index in [1.54, 1.807) is 17.8 Å². The number of aliphatic imine (C=N–C) groups is 1. The fraction of sp³-hybridized carbons (Fsp3) is 0.765. The van der Waals surface area contributed by atoms with Crippen molar-refractivity contribution in [2.75, 3.05) is 19.6 Å². The molecule has 0 aliphatic carbocycles. The second kappa shape index (κ2) is 10.2. The molecule has 24 heavy (non-hydrogen) atoms. The number of halogens is 1. The molecule has 0 aliphatic rings. The van der Waals surface area contributed by atoms with E-state index in [0.717, 1.165) is 37.5 Å². The molecule has 1 rings (SSSR count). The number of aliphatic hydroxyl groups is 1. The quantitative estimate of drug-likeness (QED) is 0.258. The maximum Gasteiger partial charge on any atom is 0.191 e.